The zero-order valence-corrected chi connectivity index (χ0v) is 17.1. The number of hydrogen-bond acceptors (Lipinski definition) is 6. The normalized spacial score (nSPS) is 21.1. The van der Waals surface area contributed by atoms with Crippen LogP contribution in [-0.4, -0.2) is 41.8 Å². The second-order valence-corrected chi connectivity index (χ2v) is 7.61. The lowest BCUT2D eigenvalue weighted by molar-refractivity contribution is -0.144. The predicted molar refractivity (Wildman–Crippen MR) is 107 cm³/mol. The van der Waals surface area contributed by atoms with E-state index < -0.39 is 17.9 Å². The fourth-order valence-corrected chi connectivity index (χ4v) is 4.35. The van der Waals surface area contributed by atoms with Crippen molar-refractivity contribution >= 4 is 11.9 Å². The maximum Gasteiger partial charge on any atom is 0.336 e. The van der Waals surface area contributed by atoms with Gasteiger partial charge in [-0.15, -0.1) is 0 Å². The van der Waals surface area contributed by atoms with Crippen molar-refractivity contribution in [2.75, 3.05) is 13.7 Å². The van der Waals surface area contributed by atoms with Gasteiger partial charge in [-0.1, -0.05) is 18.9 Å². The van der Waals surface area contributed by atoms with Crippen LogP contribution in [0.25, 0.3) is 0 Å². The largest absolute Gasteiger partial charge is 0.478 e. The molecule has 0 aromatic carbocycles. The van der Waals surface area contributed by atoms with Crippen LogP contribution in [0.5, 0.6) is 0 Å². The number of carboxylic acids is 1. The summed E-state index contributed by atoms with van der Waals surface area (Å²) in [5, 5.41) is 12.8. The molecule has 7 nitrogen and oxygen atoms in total. The van der Waals surface area contributed by atoms with E-state index >= 15 is 0 Å². The third kappa shape index (κ3) is 4.50. The average Bonchev–Trinajstić information content (AvgIpc) is 3.22. The molecule has 7 heteroatoms. The molecule has 1 saturated carbocycles. The molecule has 0 radical (unpaired) electrons. The summed E-state index contributed by atoms with van der Waals surface area (Å²) in [6, 6.07) is 5.25. The first-order valence-corrected chi connectivity index (χ1v) is 9.96. The minimum atomic E-state index is -1.09. The number of rotatable bonds is 7. The van der Waals surface area contributed by atoms with Gasteiger partial charge >= 0.3 is 11.9 Å². The van der Waals surface area contributed by atoms with Crippen LogP contribution in [0.1, 0.15) is 51.1 Å². The van der Waals surface area contributed by atoms with Crippen LogP contribution in [-0.2, 0) is 19.1 Å². The Kier molecular flexibility index (Phi) is 6.69. The van der Waals surface area contributed by atoms with Crippen molar-refractivity contribution in [3.05, 3.63) is 52.6 Å². The number of nitrogens with one attached hydrogen (secondary N) is 1. The number of methoxy groups -OCH3 is 1. The summed E-state index contributed by atoms with van der Waals surface area (Å²) in [6.07, 6.45) is 5.91. The molecule has 2 N–H and O–H groups in total. The SMILES string of the molecule is COC(COC(=O)C1=C(C)NC(C)=C(C(=O)O)C1c1ccccn1)C1CCCC1. The van der Waals surface area contributed by atoms with E-state index in [4.69, 9.17) is 9.47 Å². The van der Waals surface area contributed by atoms with Crippen LogP contribution in [0.3, 0.4) is 0 Å². The number of esters is 1. The lowest BCUT2D eigenvalue weighted by atomic mass is 9.83. The summed E-state index contributed by atoms with van der Waals surface area (Å²) in [7, 11) is 1.63. The van der Waals surface area contributed by atoms with E-state index in [9.17, 15) is 14.7 Å². The Morgan fingerprint density at radius 1 is 1.21 bits per heavy atom. The Morgan fingerprint density at radius 2 is 1.90 bits per heavy atom. The molecule has 0 spiro atoms. The standard InChI is InChI=1S/C22H28N2O5/c1-13-18(21(25)26)20(16-10-6-7-11-23-16)19(14(2)24-13)22(27)29-12-17(28-3)15-8-4-5-9-15/h6-7,10-11,15,17,20,24H,4-5,8-9,12H2,1-3H3,(H,25,26). The van der Waals surface area contributed by atoms with Gasteiger partial charge in [-0.2, -0.15) is 0 Å². The molecule has 2 aliphatic rings. The van der Waals surface area contributed by atoms with E-state index in [2.05, 4.69) is 10.3 Å². The highest BCUT2D eigenvalue weighted by atomic mass is 16.6. The summed E-state index contributed by atoms with van der Waals surface area (Å²) in [6.45, 7) is 3.59. The fourth-order valence-electron chi connectivity index (χ4n) is 4.35. The highest BCUT2D eigenvalue weighted by Crippen LogP contribution is 2.38. The highest BCUT2D eigenvalue weighted by molar-refractivity contribution is 5.99. The molecular weight excluding hydrogens is 372 g/mol. The first-order valence-electron chi connectivity index (χ1n) is 9.96. The Bertz CT molecular complexity index is 825. The molecular formula is C22H28N2O5. The van der Waals surface area contributed by atoms with Gasteiger partial charge in [-0.25, -0.2) is 9.59 Å². The summed E-state index contributed by atoms with van der Waals surface area (Å²) in [5.41, 5.74) is 1.93. The van der Waals surface area contributed by atoms with Crippen LogP contribution in [0, 0.1) is 5.92 Å². The molecule has 1 fully saturated rings. The van der Waals surface area contributed by atoms with E-state index in [1.807, 2.05) is 0 Å². The first kappa shape index (κ1) is 21.0. The molecule has 0 saturated heterocycles. The third-order valence-corrected chi connectivity index (χ3v) is 5.80. The number of ether oxygens (including phenoxy) is 2. The topological polar surface area (TPSA) is 97.8 Å². The molecule has 1 aromatic heterocycles. The maximum atomic E-state index is 13.1. The van der Waals surface area contributed by atoms with Crippen molar-refractivity contribution in [3.63, 3.8) is 0 Å². The van der Waals surface area contributed by atoms with Crippen molar-refractivity contribution in [1.82, 2.24) is 10.3 Å². The van der Waals surface area contributed by atoms with Crippen LogP contribution < -0.4 is 5.32 Å². The molecule has 0 bridgehead atoms. The minimum absolute atomic E-state index is 0.0975. The maximum absolute atomic E-state index is 13.1. The highest BCUT2D eigenvalue weighted by Gasteiger charge is 2.38. The molecule has 1 aromatic rings. The van der Waals surface area contributed by atoms with E-state index in [1.54, 1.807) is 45.4 Å². The summed E-state index contributed by atoms with van der Waals surface area (Å²) >= 11 is 0. The number of allylic oxidation sites excluding steroid dienone is 2. The van der Waals surface area contributed by atoms with Crippen molar-refractivity contribution < 1.29 is 24.2 Å². The van der Waals surface area contributed by atoms with E-state index in [-0.39, 0.29) is 23.9 Å². The van der Waals surface area contributed by atoms with Crippen molar-refractivity contribution in [3.8, 4) is 0 Å². The van der Waals surface area contributed by atoms with Crippen molar-refractivity contribution in [2.45, 2.75) is 51.6 Å². The molecule has 3 rings (SSSR count). The van der Waals surface area contributed by atoms with Crippen molar-refractivity contribution in [1.29, 1.82) is 0 Å². The van der Waals surface area contributed by atoms with Crippen LogP contribution in [0.15, 0.2) is 46.9 Å². The number of hydrogen-bond donors (Lipinski definition) is 2. The molecule has 2 unspecified atom stereocenters. The van der Waals surface area contributed by atoms with Gasteiger partial charge in [0.25, 0.3) is 0 Å². The molecule has 1 aliphatic carbocycles. The number of aliphatic carboxylic acids is 1. The van der Waals surface area contributed by atoms with Crippen LogP contribution >= 0.6 is 0 Å². The zero-order chi connectivity index (χ0) is 21.0. The van der Waals surface area contributed by atoms with Gasteiger partial charge in [-0.05, 0) is 44.7 Å². The summed E-state index contributed by atoms with van der Waals surface area (Å²) in [4.78, 5) is 29.4. The smallest absolute Gasteiger partial charge is 0.336 e. The second kappa shape index (κ2) is 9.22. The quantitative estimate of drug-likeness (QED) is 0.679. The van der Waals surface area contributed by atoms with Gasteiger partial charge in [0.2, 0.25) is 0 Å². The zero-order valence-electron chi connectivity index (χ0n) is 17.1. The fraction of sp³-hybridized carbons (Fsp3) is 0.500. The van der Waals surface area contributed by atoms with Gasteiger partial charge in [0.05, 0.1) is 28.9 Å². The molecule has 2 heterocycles. The number of dihydropyridines is 1. The van der Waals surface area contributed by atoms with E-state index in [0.717, 1.165) is 12.8 Å². The molecule has 156 valence electrons. The summed E-state index contributed by atoms with van der Waals surface area (Å²) in [5.74, 6) is -2.05. The monoisotopic (exact) mass is 400 g/mol. The van der Waals surface area contributed by atoms with Crippen molar-refractivity contribution in [2.24, 2.45) is 5.92 Å². The Labute approximate surface area is 170 Å². The Morgan fingerprint density at radius 3 is 2.48 bits per heavy atom. The number of carbonyl (C=O) groups is 2. The lowest BCUT2D eigenvalue weighted by Gasteiger charge is -2.29. The number of aromatic nitrogens is 1. The second-order valence-electron chi connectivity index (χ2n) is 7.61. The predicted octanol–water partition coefficient (Wildman–Crippen LogP) is 3.15. The molecule has 2 atom stereocenters. The summed E-state index contributed by atoms with van der Waals surface area (Å²) < 4.78 is 11.2. The van der Waals surface area contributed by atoms with Gasteiger partial charge in [0.15, 0.2) is 0 Å². The van der Waals surface area contributed by atoms with Crippen LogP contribution in [0.4, 0.5) is 0 Å². The Balaban J connectivity index is 1.87. The average molecular weight is 400 g/mol. The van der Waals surface area contributed by atoms with E-state index in [1.165, 1.54) is 12.8 Å². The van der Waals surface area contributed by atoms with E-state index in [0.29, 0.717) is 23.0 Å². The van der Waals surface area contributed by atoms with Gasteiger partial charge in [-0.3, -0.25) is 4.98 Å². The molecule has 0 amide bonds. The number of nitrogens with zero attached hydrogens (tertiary/aromatic N) is 1. The van der Waals surface area contributed by atoms with Crippen LogP contribution in [0.2, 0.25) is 0 Å². The number of carboxylic acid groups (broad SMARTS) is 1. The molecule has 1 aliphatic heterocycles. The Hall–Kier alpha value is -2.67. The lowest BCUT2D eigenvalue weighted by Crippen LogP contribution is -2.34. The van der Waals surface area contributed by atoms with Gasteiger partial charge in [0, 0.05) is 24.7 Å². The first-order chi connectivity index (χ1) is 13.9. The van der Waals surface area contributed by atoms with Gasteiger partial charge < -0.3 is 19.9 Å². The van der Waals surface area contributed by atoms with Gasteiger partial charge in [0.1, 0.15) is 6.61 Å². The third-order valence-electron chi connectivity index (χ3n) is 5.80. The minimum Gasteiger partial charge on any atom is -0.478 e. The number of pyridine rings is 1. The molecule has 29 heavy (non-hydrogen) atoms. The number of carbonyl (C=O) groups excluding carboxylic acids is 1.